The van der Waals surface area contributed by atoms with Crippen LogP contribution in [0.2, 0.25) is 0 Å². The molecule has 0 aliphatic heterocycles. The minimum Gasteiger partial charge on any atom is -0.466 e. The third-order valence-corrected chi connectivity index (χ3v) is 17.8. The lowest BCUT2D eigenvalue weighted by atomic mass is 10.0. The zero-order valence-corrected chi connectivity index (χ0v) is 57.4. The van der Waals surface area contributed by atoms with Gasteiger partial charge in [0.05, 0.1) is 25.4 Å². The van der Waals surface area contributed by atoms with Crippen LogP contribution in [0.3, 0.4) is 0 Å². The van der Waals surface area contributed by atoms with Crippen molar-refractivity contribution in [3.8, 4) is 0 Å². The van der Waals surface area contributed by atoms with Crippen LogP contribution < -0.4 is 5.32 Å². The normalized spacial score (nSPS) is 12.8. The Labute approximate surface area is 531 Å². The minimum atomic E-state index is -0.843. The highest BCUT2D eigenvalue weighted by molar-refractivity contribution is 5.76. The van der Waals surface area contributed by atoms with Gasteiger partial charge in [0.2, 0.25) is 5.91 Å². The molecule has 0 aromatic heterocycles. The van der Waals surface area contributed by atoms with Gasteiger partial charge in [0, 0.05) is 12.8 Å². The molecule has 0 saturated heterocycles. The van der Waals surface area contributed by atoms with Crippen LogP contribution >= 0.6 is 0 Å². The third-order valence-electron chi connectivity index (χ3n) is 17.8. The second-order valence-electron chi connectivity index (χ2n) is 26.3. The van der Waals surface area contributed by atoms with Gasteiger partial charge in [0.25, 0.3) is 0 Å². The predicted molar refractivity (Wildman–Crippen MR) is 375 cm³/mol. The van der Waals surface area contributed by atoms with E-state index in [2.05, 4.69) is 55.6 Å². The van der Waals surface area contributed by atoms with E-state index >= 15 is 0 Å². The Balaban J connectivity index is 3.37. The predicted octanol–water partition coefficient (Wildman–Crippen LogP) is 25.2. The highest BCUT2D eigenvalue weighted by Gasteiger charge is 2.18. The fourth-order valence-corrected chi connectivity index (χ4v) is 11.9. The maximum absolute atomic E-state index is 12.5. The molecule has 1 amide bonds. The summed E-state index contributed by atoms with van der Waals surface area (Å²) in [5, 5.41) is 23.3. The molecular weight excluding hydrogens is 1040 g/mol. The molecule has 2 atom stereocenters. The maximum Gasteiger partial charge on any atom is 0.305 e. The molecule has 85 heavy (non-hydrogen) atoms. The number of rotatable bonds is 72. The first-order valence-electron chi connectivity index (χ1n) is 38.4. The number of aliphatic hydroxyl groups excluding tert-OH is 2. The summed E-state index contributed by atoms with van der Waals surface area (Å²) in [5.41, 5.74) is 0. The summed E-state index contributed by atoms with van der Waals surface area (Å²) < 4.78 is 5.49. The van der Waals surface area contributed by atoms with Crippen LogP contribution in [0.4, 0.5) is 0 Å². The number of hydrogen-bond donors (Lipinski definition) is 3. The maximum atomic E-state index is 12.5. The van der Waals surface area contributed by atoms with Crippen molar-refractivity contribution in [1.29, 1.82) is 0 Å². The minimum absolute atomic E-state index is 0.00554. The Morgan fingerprint density at radius 1 is 0.329 bits per heavy atom. The van der Waals surface area contributed by atoms with E-state index in [1.807, 2.05) is 6.08 Å². The second-order valence-corrected chi connectivity index (χ2v) is 26.3. The summed E-state index contributed by atoms with van der Waals surface area (Å²) in [6.07, 6.45) is 98.0. The number of hydrogen-bond acceptors (Lipinski definition) is 5. The Hall–Kier alpha value is -2.18. The number of carbonyl (C=O) groups excluding carboxylic acids is 2. The average Bonchev–Trinajstić information content (AvgIpc) is 3.51. The molecule has 0 aliphatic carbocycles. The molecule has 6 nitrogen and oxygen atoms in total. The van der Waals surface area contributed by atoms with Crippen molar-refractivity contribution in [2.45, 2.75) is 431 Å². The molecule has 6 heteroatoms. The van der Waals surface area contributed by atoms with Crippen LogP contribution in [-0.2, 0) is 14.3 Å². The van der Waals surface area contributed by atoms with Gasteiger partial charge in [-0.15, -0.1) is 0 Å². The smallest absolute Gasteiger partial charge is 0.305 e. The first-order chi connectivity index (χ1) is 42.0. The molecule has 0 rings (SSSR count). The quantitative estimate of drug-likeness (QED) is 0.0320. The molecule has 2 unspecified atom stereocenters. The van der Waals surface area contributed by atoms with Crippen LogP contribution in [0.25, 0.3) is 0 Å². The molecule has 0 heterocycles. The highest BCUT2D eigenvalue weighted by atomic mass is 16.5. The number of amides is 1. The third kappa shape index (κ3) is 70.8. The van der Waals surface area contributed by atoms with Crippen molar-refractivity contribution in [3.63, 3.8) is 0 Å². The Bertz CT molecular complexity index is 1420. The number of nitrogens with one attached hydrogen (secondary N) is 1. The summed E-state index contributed by atoms with van der Waals surface area (Å²) in [7, 11) is 0. The van der Waals surface area contributed by atoms with Crippen LogP contribution in [0.5, 0.6) is 0 Å². The first-order valence-corrected chi connectivity index (χ1v) is 38.4. The lowest BCUT2D eigenvalue weighted by molar-refractivity contribution is -0.143. The lowest BCUT2D eigenvalue weighted by Gasteiger charge is -2.20. The second kappa shape index (κ2) is 74.3. The number of unbranched alkanes of at least 4 members (excludes halogenated alkanes) is 55. The number of allylic oxidation sites excluding steroid dienone is 7. The van der Waals surface area contributed by atoms with E-state index in [9.17, 15) is 19.8 Å². The van der Waals surface area contributed by atoms with Gasteiger partial charge in [-0.2, -0.15) is 0 Å². The molecule has 0 spiro atoms. The summed E-state index contributed by atoms with van der Waals surface area (Å²) in [6, 6.07) is -0.626. The summed E-state index contributed by atoms with van der Waals surface area (Å²) >= 11 is 0. The van der Waals surface area contributed by atoms with Crippen LogP contribution in [0.1, 0.15) is 418 Å². The standard InChI is InChI=1S/C79H149NO5/c1-3-5-7-9-11-13-15-17-19-20-38-41-44-47-51-55-59-63-67-71-77(82)76(75-81)80-78(83)72-68-64-60-56-52-48-45-42-39-36-34-32-30-28-26-24-22-21-23-25-27-29-31-33-35-37-40-43-46-50-54-58-62-66-70-74-85-79(84)73-69-65-61-57-53-49-18-16-14-12-10-8-6-4-2/h10,12,16,18,23,25,67,71,76-77,81-82H,3-9,11,13-15,17,19-22,24,26-66,68-70,72-75H2,1-2H3,(H,80,83)/b12-10-,18-16-,25-23-,71-67+. The van der Waals surface area contributed by atoms with E-state index < -0.39 is 12.1 Å². The van der Waals surface area contributed by atoms with Crippen molar-refractivity contribution >= 4 is 11.9 Å². The fourth-order valence-electron chi connectivity index (χ4n) is 11.9. The first kappa shape index (κ1) is 82.8. The van der Waals surface area contributed by atoms with Crippen LogP contribution in [-0.4, -0.2) is 47.4 Å². The molecule has 0 aromatic rings. The molecule has 0 aromatic carbocycles. The summed E-state index contributed by atoms with van der Waals surface area (Å²) in [6.45, 7) is 4.89. The van der Waals surface area contributed by atoms with Crippen LogP contribution in [0.15, 0.2) is 48.6 Å². The zero-order valence-electron chi connectivity index (χ0n) is 57.4. The molecule has 3 N–H and O–H groups in total. The van der Waals surface area contributed by atoms with Gasteiger partial charge in [0.15, 0.2) is 0 Å². The molecule has 0 bridgehead atoms. The number of carbonyl (C=O) groups is 2. The Kier molecular flexibility index (Phi) is 72.4. The van der Waals surface area contributed by atoms with Gasteiger partial charge in [-0.25, -0.2) is 0 Å². The van der Waals surface area contributed by atoms with Gasteiger partial charge >= 0.3 is 5.97 Å². The Morgan fingerprint density at radius 3 is 0.941 bits per heavy atom. The number of ether oxygens (including phenoxy) is 1. The van der Waals surface area contributed by atoms with Gasteiger partial charge < -0.3 is 20.3 Å². The lowest BCUT2D eigenvalue weighted by Crippen LogP contribution is -2.45. The monoisotopic (exact) mass is 1190 g/mol. The molecular formula is C79H149NO5. The number of aliphatic hydroxyl groups is 2. The van der Waals surface area contributed by atoms with Gasteiger partial charge in [-0.3, -0.25) is 9.59 Å². The highest BCUT2D eigenvalue weighted by Crippen LogP contribution is 2.19. The van der Waals surface area contributed by atoms with Gasteiger partial charge in [0.1, 0.15) is 0 Å². The van der Waals surface area contributed by atoms with Crippen molar-refractivity contribution < 1.29 is 24.5 Å². The van der Waals surface area contributed by atoms with Gasteiger partial charge in [-0.05, 0) is 83.5 Å². The van der Waals surface area contributed by atoms with E-state index in [0.29, 0.717) is 19.4 Å². The van der Waals surface area contributed by atoms with E-state index in [-0.39, 0.29) is 18.5 Å². The molecule has 0 radical (unpaired) electrons. The molecule has 0 aliphatic rings. The number of esters is 1. The average molecular weight is 1190 g/mol. The summed E-state index contributed by atoms with van der Waals surface area (Å²) in [4.78, 5) is 24.6. The van der Waals surface area contributed by atoms with E-state index in [1.165, 1.54) is 340 Å². The van der Waals surface area contributed by atoms with Crippen molar-refractivity contribution in [1.82, 2.24) is 5.32 Å². The fraction of sp³-hybridized carbons (Fsp3) is 0.873. The molecule has 500 valence electrons. The van der Waals surface area contributed by atoms with E-state index in [0.717, 1.165) is 51.4 Å². The van der Waals surface area contributed by atoms with Crippen molar-refractivity contribution in [2.24, 2.45) is 0 Å². The van der Waals surface area contributed by atoms with E-state index in [4.69, 9.17) is 4.74 Å². The summed E-state index contributed by atoms with van der Waals surface area (Å²) in [5.74, 6) is -0.0554. The van der Waals surface area contributed by atoms with Gasteiger partial charge in [-0.1, -0.05) is 371 Å². The van der Waals surface area contributed by atoms with Crippen molar-refractivity contribution in [3.05, 3.63) is 48.6 Å². The Morgan fingerprint density at radius 2 is 0.600 bits per heavy atom. The molecule has 0 fully saturated rings. The van der Waals surface area contributed by atoms with E-state index in [1.54, 1.807) is 6.08 Å². The topological polar surface area (TPSA) is 95.9 Å². The zero-order chi connectivity index (χ0) is 61.3. The molecule has 0 saturated carbocycles. The van der Waals surface area contributed by atoms with Crippen molar-refractivity contribution in [2.75, 3.05) is 13.2 Å². The largest absolute Gasteiger partial charge is 0.466 e. The SMILES string of the molecule is CCCC/C=C\C/C=C\CCCCCCCC(=O)OCCCCCCCCCCCCCCCC/C=C\CCCCCCCCCCCCCCCCCCCC(=O)NC(CO)C(O)/C=C/CCCCCCCCCCCCCCCCCCC. The van der Waals surface area contributed by atoms with Crippen LogP contribution in [0, 0.1) is 0 Å².